The molecule has 7 nitrogen and oxygen atoms in total. The molecule has 5 rings (SSSR count). The molecular weight excluding hydrogens is 419 g/mol. The topological polar surface area (TPSA) is 63.0 Å². The van der Waals surface area contributed by atoms with Crippen molar-refractivity contribution < 1.29 is 13.2 Å². The SMILES string of the molecule is Cc1nccn1-c1cncc(N2CCC3(CCN(c4ccc(C(F)(F)F)nc4)C3)CC2)n1. The number of piperidine rings is 1. The minimum atomic E-state index is -4.41. The zero-order valence-corrected chi connectivity index (χ0v) is 17.8. The number of aryl methyl sites for hydroxylation is 1. The lowest BCUT2D eigenvalue weighted by Gasteiger charge is -2.39. The molecular formula is C22H24F3N7. The summed E-state index contributed by atoms with van der Waals surface area (Å²) in [5, 5.41) is 0. The fourth-order valence-corrected chi connectivity index (χ4v) is 4.75. The molecule has 32 heavy (non-hydrogen) atoms. The first-order chi connectivity index (χ1) is 15.3. The Labute approximate surface area is 183 Å². The zero-order valence-electron chi connectivity index (χ0n) is 17.8. The molecule has 0 radical (unpaired) electrons. The number of imidazole rings is 1. The first-order valence-electron chi connectivity index (χ1n) is 10.7. The van der Waals surface area contributed by atoms with Gasteiger partial charge in [-0.15, -0.1) is 0 Å². The summed E-state index contributed by atoms with van der Waals surface area (Å²) in [6.45, 7) is 5.35. The summed E-state index contributed by atoms with van der Waals surface area (Å²) in [5.41, 5.74) is 0.0785. The smallest absolute Gasteiger partial charge is 0.370 e. The van der Waals surface area contributed by atoms with Gasteiger partial charge < -0.3 is 9.80 Å². The highest BCUT2D eigenvalue weighted by Gasteiger charge is 2.41. The van der Waals surface area contributed by atoms with Crippen molar-refractivity contribution in [3.63, 3.8) is 0 Å². The maximum Gasteiger partial charge on any atom is 0.433 e. The number of hydrogen-bond donors (Lipinski definition) is 0. The molecule has 2 fully saturated rings. The Kier molecular flexibility index (Phi) is 5.02. The van der Waals surface area contributed by atoms with E-state index in [9.17, 15) is 13.2 Å². The highest BCUT2D eigenvalue weighted by molar-refractivity contribution is 5.47. The Morgan fingerprint density at radius 1 is 0.906 bits per heavy atom. The van der Waals surface area contributed by atoms with E-state index in [-0.39, 0.29) is 5.41 Å². The third-order valence-corrected chi connectivity index (χ3v) is 6.67. The second-order valence-electron chi connectivity index (χ2n) is 8.64. The minimum Gasteiger partial charge on any atom is -0.370 e. The lowest BCUT2D eigenvalue weighted by molar-refractivity contribution is -0.141. The van der Waals surface area contributed by atoms with Crippen LogP contribution in [0.25, 0.3) is 5.82 Å². The lowest BCUT2D eigenvalue weighted by Crippen LogP contribution is -2.42. The third-order valence-electron chi connectivity index (χ3n) is 6.67. The number of aromatic nitrogens is 5. The van der Waals surface area contributed by atoms with Crippen LogP contribution in [0.5, 0.6) is 0 Å². The molecule has 0 amide bonds. The summed E-state index contributed by atoms with van der Waals surface area (Å²) in [7, 11) is 0. The molecule has 0 unspecified atom stereocenters. The van der Waals surface area contributed by atoms with Gasteiger partial charge in [-0.1, -0.05) is 0 Å². The number of alkyl halides is 3. The maximum atomic E-state index is 12.8. The molecule has 10 heteroatoms. The molecule has 1 spiro atoms. The predicted octanol–water partition coefficient (Wildman–Crippen LogP) is 3.88. The quantitative estimate of drug-likeness (QED) is 0.612. The van der Waals surface area contributed by atoms with Gasteiger partial charge in [0.05, 0.1) is 24.3 Å². The molecule has 0 bridgehead atoms. The number of pyridine rings is 1. The van der Waals surface area contributed by atoms with Crippen LogP contribution in [0.3, 0.4) is 0 Å². The summed E-state index contributed by atoms with van der Waals surface area (Å²) in [6, 6.07) is 2.60. The molecule has 0 aliphatic carbocycles. The van der Waals surface area contributed by atoms with E-state index >= 15 is 0 Å². The molecule has 3 aromatic heterocycles. The molecule has 0 N–H and O–H groups in total. The van der Waals surface area contributed by atoms with E-state index in [2.05, 4.69) is 24.8 Å². The summed E-state index contributed by atoms with van der Waals surface area (Å²) in [5.74, 6) is 2.46. The van der Waals surface area contributed by atoms with Crippen LogP contribution in [-0.4, -0.2) is 50.7 Å². The van der Waals surface area contributed by atoms with Gasteiger partial charge >= 0.3 is 6.18 Å². The second-order valence-corrected chi connectivity index (χ2v) is 8.64. The maximum absolute atomic E-state index is 12.8. The largest absolute Gasteiger partial charge is 0.433 e. The zero-order chi connectivity index (χ0) is 22.3. The predicted molar refractivity (Wildman–Crippen MR) is 114 cm³/mol. The molecule has 0 aromatic carbocycles. The van der Waals surface area contributed by atoms with Crippen LogP contribution >= 0.6 is 0 Å². The fraction of sp³-hybridized carbons (Fsp3) is 0.455. The van der Waals surface area contributed by atoms with E-state index in [4.69, 9.17) is 4.98 Å². The van der Waals surface area contributed by atoms with E-state index in [1.807, 2.05) is 17.7 Å². The number of hydrogen-bond acceptors (Lipinski definition) is 6. The molecule has 2 aliphatic heterocycles. The van der Waals surface area contributed by atoms with Crippen molar-refractivity contribution in [3.8, 4) is 5.82 Å². The van der Waals surface area contributed by atoms with Crippen LogP contribution in [0.4, 0.5) is 24.7 Å². The summed E-state index contributed by atoms with van der Waals surface area (Å²) < 4.78 is 40.3. The Morgan fingerprint density at radius 3 is 2.25 bits per heavy atom. The number of rotatable bonds is 3. The minimum absolute atomic E-state index is 0.172. The highest BCUT2D eigenvalue weighted by Crippen LogP contribution is 2.42. The lowest BCUT2D eigenvalue weighted by atomic mass is 9.78. The van der Waals surface area contributed by atoms with Gasteiger partial charge in [-0.2, -0.15) is 13.2 Å². The monoisotopic (exact) mass is 443 g/mol. The van der Waals surface area contributed by atoms with Crippen molar-refractivity contribution in [2.45, 2.75) is 32.4 Å². The van der Waals surface area contributed by atoms with Crippen LogP contribution in [0.2, 0.25) is 0 Å². The van der Waals surface area contributed by atoms with Gasteiger partial charge in [0, 0.05) is 38.6 Å². The van der Waals surface area contributed by atoms with E-state index in [0.29, 0.717) is 0 Å². The van der Waals surface area contributed by atoms with E-state index in [1.54, 1.807) is 18.6 Å². The summed E-state index contributed by atoms with van der Waals surface area (Å²) >= 11 is 0. The number of anilines is 2. The molecule has 0 saturated carbocycles. The third kappa shape index (κ3) is 3.89. The second kappa shape index (κ2) is 7.75. The van der Waals surface area contributed by atoms with Crippen molar-refractivity contribution in [2.24, 2.45) is 5.41 Å². The molecule has 168 valence electrons. The van der Waals surface area contributed by atoms with Crippen molar-refractivity contribution in [1.29, 1.82) is 0 Å². The Morgan fingerprint density at radius 2 is 1.62 bits per heavy atom. The molecule has 2 aliphatic rings. The van der Waals surface area contributed by atoms with Crippen LogP contribution in [0.15, 0.2) is 43.1 Å². The molecule has 0 atom stereocenters. The van der Waals surface area contributed by atoms with Crippen LogP contribution in [0, 0.1) is 12.3 Å². The van der Waals surface area contributed by atoms with Crippen LogP contribution in [-0.2, 0) is 6.18 Å². The van der Waals surface area contributed by atoms with E-state index in [1.165, 1.54) is 12.3 Å². The normalized spacial score (nSPS) is 18.5. The average molecular weight is 443 g/mol. The first-order valence-corrected chi connectivity index (χ1v) is 10.7. The van der Waals surface area contributed by atoms with Crippen LogP contribution < -0.4 is 9.80 Å². The van der Waals surface area contributed by atoms with Gasteiger partial charge in [0.15, 0.2) is 5.82 Å². The number of nitrogens with zero attached hydrogens (tertiary/aromatic N) is 7. The Balaban J connectivity index is 1.24. The van der Waals surface area contributed by atoms with Gasteiger partial charge in [0.25, 0.3) is 0 Å². The van der Waals surface area contributed by atoms with Gasteiger partial charge in [-0.25, -0.2) is 15.0 Å². The van der Waals surface area contributed by atoms with Crippen molar-refractivity contribution >= 4 is 11.5 Å². The van der Waals surface area contributed by atoms with Gasteiger partial charge in [0.1, 0.15) is 17.3 Å². The molecule has 3 aromatic rings. The number of halogens is 3. The van der Waals surface area contributed by atoms with Gasteiger partial charge in [0.2, 0.25) is 0 Å². The Bertz CT molecular complexity index is 1090. The standard InChI is InChI=1S/C22H24F3N7/c1-16-27-7-11-32(16)20-14-26-13-19(29-20)30-8-4-21(5-9-30)6-10-31(15-21)17-2-3-18(28-12-17)22(23,24)25/h2-3,7,11-14H,4-6,8-10,15H2,1H3. The van der Waals surface area contributed by atoms with Crippen LogP contribution in [0.1, 0.15) is 30.8 Å². The van der Waals surface area contributed by atoms with Gasteiger partial charge in [-0.05, 0) is 43.7 Å². The Hall–Kier alpha value is -3.17. The van der Waals surface area contributed by atoms with Crippen molar-refractivity contribution in [1.82, 2.24) is 24.5 Å². The summed E-state index contributed by atoms with van der Waals surface area (Å²) in [6.07, 6.45) is 7.12. The van der Waals surface area contributed by atoms with E-state index in [0.717, 1.165) is 74.7 Å². The summed E-state index contributed by atoms with van der Waals surface area (Å²) in [4.78, 5) is 21.4. The highest BCUT2D eigenvalue weighted by atomic mass is 19.4. The van der Waals surface area contributed by atoms with Gasteiger partial charge in [-0.3, -0.25) is 9.55 Å². The van der Waals surface area contributed by atoms with Crippen molar-refractivity contribution in [3.05, 3.63) is 54.6 Å². The van der Waals surface area contributed by atoms with Crippen molar-refractivity contribution in [2.75, 3.05) is 36.0 Å². The fourth-order valence-electron chi connectivity index (χ4n) is 4.75. The molecule has 2 saturated heterocycles. The molecule has 5 heterocycles. The average Bonchev–Trinajstić information content (AvgIpc) is 3.40. The van der Waals surface area contributed by atoms with E-state index < -0.39 is 11.9 Å². The first kappa shape index (κ1) is 20.7.